The highest BCUT2D eigenvalue weighted by Crippen LogP contribution is 2.47. The number of alkyl halides is 3. The molecule has 3 aliphatic rings. The molecule has 0 amide bonds. The summed E-state index contributed by atoms with van der Waals surface area (Å²) in [5.41, 5.74) is -1.15. The Balaban J connectivity index is 1.13. The van der Waals surface area contributed by atoms with Gasteiger partial charge in [0.1, 0.15) is 36.3 Å². The quantitative estimate of drug-likeness (QED) is 0.318. The van der Waals surface area contributed by atoms with E-state index < -0.39 is 47.8 Å². The maximum atomic E-state index is 13.1. The highest BCUT2D eigenvalue weighted by atomic mass is 19.4. The van der Waals surface area contributed by atoms with Gasteiger partial charge in [0, 0.05) is 13.0 Å². The van der Waals surface area contributed by atoms with Gasteiger partial charge in [-0.25, -0.2) is 4.98 Å². The Morgan fingerprint density at radius 2 is 1.93 bits per heavy atom. The molecule has 3 saturated heterocycles. The second-order valence-corrected chi connectivity index (χ2v) is 10.5. The molecule has 1 N–H and O–H groups in total. The van der Waals surface area contributed by atoms with Gasteiger partial charge < -0.3 is 33.7 Å². The number of rotatable bonds is 11. The lowest BCUT2D eigenvalue weighted by Crippen LogP contribution is -2.63. The van der Waals surface area contributed by atoms with Crippen molar-refractivity contribution in [3.63, 3.8) is 0 Å². The van der Waals surface area contributed by atoms with Crippen molar-refractivity contribution < 1.29 is 46.4 Å². The second kappa shape index (κ2) is 11.6. The molecule has 0 unspecified atom stereocenters. The minimum atomic E-state index is -4.63. The molecule has 0 aliphatic carbocycles. The summed E-state index contributed by atoms with van der Waals surface area (Å²) in [6.07, 6.45) is -3.33. The molecule has 1 aromatic carbocycles. The van der Waals surface area contributed by atoms with Gasteiger partial charge in [-0.3, -0.25) is 9.78 Å². The monoisotopic (exact) mass is 567 g/mol. The number of fused-ring (bicyclic) bond motifs is 4. The molecule has 13 heteroatoms. The molecule has 40 heavy (non-hydrogen) atoms. The molecular weight excluding hydrogens is 535 g/mol. The first-order valence-corrected chi connectivity index (χ1v) is 13.1. The van der Waals surface area contributed by atoms with Crippen LogP contribution in [0.2, 0.25) is 0 Å². The Morgan fingerprint density at radius 3 is 2.70 bits per heavy atom. The number of halogens is 3. The standard InChI is InChI=1S/C27H32F3N3O7/c1-25(2)38-22-21(33-19-13-31-12-18(32-19)27(28,29)30)24-37-16-26(40-24,23(22)39-25)15-35-11-7-6-10-20(34)36-14-17-8-4-3-5-9-17/h3-5,8-9,12-13,21-24H,6-7,10-11,14-16H2,1-2H3,(H,32,33)/t21-,22-,23-,24+,26+/m1/s1. The fourth-order valence-corrected chi connectivity index (χ4v) is 5.04. The van der Waals surface area contributed by atoms with Crippen LogP contribution in [0.1, 0.15) is 44.4 Å². The van der Waals surface area contributed by atoms with E-state index in [4.69, 9.17) is 28.4 Å². The molecule has 5 atom stereocenters. The maximum Gasteiger partial charge on any atom is 0.434 e. The van der Waals surface area contributed by atoms with E-state index in [1.165, 1.54) is 6.20 Å². The SMILES string of the molecule is CC1(C)O[C@@H]2[C@@H](Nc3cncc(C(F)(F)F)n3)[C@H]3OC[C@](COCCCCC(=O)OCc4ccccc4)(O3)[C@@H]2O1. The maximum absolute atomic E-state index is 13.1. The lowest BCUT2D eigenvalue weighted by molar-refractivity contribution is -0.207. The summed E-state index contributed by atoms with van der Waals surface area (Å²) in [6.45, 7) is 4.44. The Bertz CT molecular complexity index is 1170. The molecule has 0 spiro atoms. The molecule has 0 radical (unpaired) electrons. The number of unbranched alkanes of at least 4 members (excludes halogenated alkanes) is 1. The van der Waals surface area contributed by atoms with E-state index in [1.807, 2.05) is 30.3 Å². The molecule has 10 nitrogen and oxygen atoms in total. The van der Waals surface area contributed by atoms with Crippen LogP contribution in [-0.2, 0) is 46.0 Å². The van der Waals surface area contributed by atoms with Crippen molar-refractivity contribution in [1.82, 2.24) is 9.97 Å². The molecule has 3 fully saturated rings. The van der Waals surface area contributed by atoms with Gasteiger partial charge in [0.2, 0.25) is 0 Å². The van der Waals surface area contributed by atoms with Crippen molar-refractivity contribution in [3.8, 4) is 0 Å². The van der Waals surface area contributed by atoms with Crippen LogP contribution in [0.3, 0.4) is 0 Å². The fraction of sp³-hybridized carbons (Fsp3) is 0.593. The van der Waals surface area contributed by atoms with Crippen LogP contribution in [0, 0.1) is 0 Å². The average molecular weight is 568 g/mol. The van der Waals surface area contributed by atoms with Crippen molar-refractivity contribution in [1.29, 1.82) is 0 Å². The number of nitrogens with zero attached hydrogens (tertiary/aromatic N) is 2. The van der Waals surface area contributed by atoms with E-state index >= 15 is 0 Å². The number of anilines is 1. The van der Waals surface area contributed by atoms with Crippen LogP contribution in [0.5, 0.6) is 0 Å². The molecule has 4 heterocycles. The number of hydrogen-bond donors (Lipinski definition) is 1. The van der Waals surface area contributed by atoms with E-state index in [1.54, 1.807) is 13.8 Å². The van der Waals surface area contributed by atoms with Gasteiger partial charge in [-0.1, -0.05) is 30.3 Å². The minimum Gasteiger partial charge on any atom is -0.461 e. The molecule has 0 saturated carbocycles. The normalized spacial score (nSPS) is 28.7. The van der Waals surface area contributed by atoms with Crippen LogP contribution >= 0.6 is 0 Å². The van der Waals surface area contributed by atoms with E-state index in [0.29, 0.717) is 25.6 Å². The summed E-state index contributed by atoms with van der Waals surface area (Å²) in [6, 6.07) is 8.77. The van der Waals surface area contributed by atoms with Crippen LogP contribution < -0.4 is 5.32 Å². The first-order valence-electron chi connectivity index (χ1n) is 13.1. The van der Waals surface area contributed by atoms with Crippen LogP contribution in [0.25, 0.3) is 0 Å². The molecule has 5 rings (SSSR count). The fourth-order valence-electron chi connectivity index (χ4n) is 5.04. The molecular formula is C27H32F3N3O7. The summed E-state index contributed by atoms with van der Waals surface area (Å²) in [5, 5.41) is 2.95. The number of hydrogen-bond acceptors (Lipinski definition) is 10. The first-order chi connectivity index (χ1) is 19.0. The Hall–Kier alpha value is -2.84. The summed E-state index contributed by atoms with van der Waals surface area (Å²) in [5.74, 6) is -1.32. The van der Waals surface area contributed by atoms with Crippen molar-refractivity contribution in [2.75, 3.05) is 25.1 Å². The van der Waals surface area contributed by atoms with Crippen LogP contribution in [-0.4, -0.2) is 71.7 Å². The number of benzene rings is 1. The highest BCUT2D eigenvalue weighted by molar-refractivity contribution is 5.69. The number of esters is 1. The van der Waals surface area contributed by atoms with Gasteiger partial charge in [-0.05, 0) is 32.3 Å². The number of aromatic nitrogens is 2. The summed E-state index contributed by atoms with van der Waals surface area (Å²) >= 11 is 0. The molecule has 3 aliphatic heterocycles. The van der Waals surface area contributed by atoms with E-state index in [-0.39, 0.29) is 38.0 Å². The van der Waals surface area contributed by atoms with E-state index in [2.05, 4.69) is 15.3 Å². The zero-order valence-electron chi connectivity index (χ0n) is 22.2. The first kappa shape index (κ1) is 28.7. The number of ether oxygens (including phenoxy) is 6. The Kier molecular flexibility index (Phi) is 8.30. The van der Waals surface area contributed by atoms with Gasteiger partial charge in [-0.2, -0.15) is 13.2 Å². The molecule has 218 valence electrons. The Labute approximate surface area is 229 Å². The largest absolute Gasteiger partial charge is 0.461 e. The van der Waals surface area contributed by atoms with Gasteiger partial charge in [0.05, 0.1) is 25.6 Å². The molecule has 1 aromatic heterocycles. The van der Waals surface area contributed by atoms with E-state index in [0.717, 1.165) is 5.56 Å². The van der Waals surface area contributed by atoms with Gasteiger partial charge in [0.25, 0.3) is 0 Å². The Morgan fingerprint density at radius 1 is 1.12 bits per heavy atom. The van der Waals surface area contributed by atoms with Crippen LogP contribution in [0.4, 0.5) is 19.0 Å². The predicted molar refractivity (Wildman–Crippen MR) is 133 cm³/mol. The molecule has 2 bridgehead atoms. The lowest BCUT2D eigenvalue weighted by atomic mass is 9.88. The third-order valence-corrected chi connectivity index (χ3v) is 6.89. The third-order valence-electron chi connectivity index (χ3n) is 6.89. The van der Waals surface area contributed by atoms with Crippen molar-refractivity contribution in [3.05, 3.63) is 54.0 Å². The predicted octanol–water partition coefficient (Wildman–Crippen LogP) is 3.85. The van der Waals surface area contributed by atoms with Crippen molar-refractivity contribution >= 4 is 11.8 Å². The van der Waals surface area contributed by atoms with Gasteiger partial charge in [-0.15, -0.1) is 0 Å². The highest BCUT2D eigenvalue weighted by Gasteiger charge is 2.66. The van der Waals surface area contributed by atoms with Crippen LogP contribution in [0.15, 0.2) is 42.7 Å². The van der Waals surface area contributed by atoms with Crippen molar-refractivity contribution in [2.24, 2.45) is 0 Å². The summed E-state index contributed by atoms with van der Waals surface area (Å²) in [4.78, 5) is 19.3. The zero-order chi connectivity index (χ0) is 28.4. The summed E-state index contributed by atoms with van der Waals surface area (Å²) in [7, 11) is 0. The summed E-state index contributed by atoms with van der Waals surface area (Å²) < 4.78 is 75.1. The number of carbonyl (C=O) groups excluding carboxylic acids is 1. The smallest absolute Gasteiger partial charge is 0.434 e. The second-order valence-electron chi connectivity index (χ2n) is 10.5. The average Bonchev–Trinajstić information content (AvgIpc) is 3.47. The van der Waals surface area contributed by atoms with Gasteiger partial charge in [0.15, 0.2) is 17.8 Å². The van der Waals surface area contributed by atoms with Gasteiger partial charge >= 0.3 is 12.1 Å². The topological polar surface area (TPSA) is 110 Å². The molecule has 2 aromatic rings. The van der Waals surface area contributed by atoms with E-state index in [9.17, 15) is 18.0 Å². The minimum absolute atomic E-state index is 0.0861. The lowest BCUT2D eigenvalue weighted by Gasteiger charge is -2.42. The number of carbonyl (C=O) groups is 1. The number of nitrogens with one attached hydrogen (secondary N) is 1. The third kappa shape index (κ3) is 6.55. The van der Waals surface area contributed by atoms with Crippen molar-refractivity contribution in [2.45, 2.75) is 81.8 Å². The zero-order valence-corrected chi connectivity index (χ0v) is 22.2.